The second-order valence-corrected chi connectivity index (χ2v) is 14.4. The van der Waals surface area contributed by atoms with Crippen LogP contribution in [0.25, 0.3) is 22.2 Å². The van der Waals surface area contributed by atoms with E-state index in [4.69, 9.17) is 24.3 Å². The second kappa shape index (κ2) is 29.0. The van der Waals surface area contributed by atoms with E-state index in [1.165, 1.54) is 32.2 Å². The van der Waals surface area contributed by atoms with Gasteiger partial charge in [-0.05, 0) is 51.6 Å². The monoisotopic (exact) mass is 930 g/mol. The van der Waals surface area contributed by atoms with Gasteiger partial charge in [0.2, 0.25) is 29.3 Å². The number of benzene rings is 1. The molecule has 5 heterocycles. The van der Waals surface area contributed by atoms with E-state index in [0.717, 1.165) is 0 Å². The molecule has 5 aromatic heterocycles. The number of nitrogens with two attached hydrogens (primary N) is 2. The number of primary amides is 1. The van der Waals surface area contributed by atoms with Crippen LogP contribution in [0, 0.1) is 13.8 Å². The molecule has 6 rings (SSSR count). The van der Waals surface area contributed by atoms with Crippen LogP contribution < -0.4 is 32.3 Å². The number of aromatic nitrogens is 7. The van der Waals surface area contributed by atoms with E-state index in [1.807, 2.05) is 59.0 Å². The number of aryl methyl sites for hydroxylation is 4. The molecule has 0 saturated heterocycles. The van der Waals surface area contributed by atoms with E-state index in [1.54, 1.807) is 35.1 Å². The minimum Gasteiger partial charge on any atom is -0.491 e. The number of aldehydes is 1. The minimum atomic E-state index is -0.671. The zero-order valence-corrected chi connectivity index (χ0v) is 41.5. The number of oxazole rings is 2. The number of allylic oxidation sites excluding steroid dienone is 2. The van der Waals surface area contributed by atoms with Crippen LogP contribution in [-0.2, 0) is 25.9 Å². The number of nitrogens with one attached hydrogen (secondary N) is 3. The number of fused-ring (bicyclic) bond motifs is 2. The van der Waals surface area contributed by atoms with Crippen molar-refractivity contribution in [1.29, 1.82) is 0 Å². The fraction of sp³-hybridized carbons (Fsp3) is 0.468. The Morgan fingerprint density at radius 3 is 1.79 bits per heavy atom. The Labute approximate surface area is 393 Å². The SMILES string of the molecule is CC.CCC.CCC.CCc1nc(C)oc1C(=O)Nc1nc2cc(C=O)cnc2n1C/C=C/Cn1c(NC(=O)c2oc(C)nc2CC)nc2cc(C(N)=O)cc(OCCCN(C)NC)c21.CN. The van der Waals surface area contributed by atoms with E-state index in [-0.39, 0.29) is 42.1 Å². The lowest BCUT2D eigenvalue weighted by molar-refractivity contribution is 0.0985. The number of ether oxygens (including phenoxy) is 1. The minimum absolute atomic E-state index is 0.0606. The van der Waals surface area contributed by atoms with Gasteiger partial charge in [-0.3, -0.25) is 39.8 Å². The van der Waals surface area contributed by atoms with Crippen molar-refractivity contribution in [3.05, 3.63) is 82.4 Å². The number of hydrazine groups is 1. The first kappa shape index (κ1) is 56.4. The topological polar surface area (TPSA) is 269 Å². The Hall–Kier alpha value is -6.77. The van der Waals surface area contributed by atoms with Crippen molar-refractivity contribution in [2.75, 3.05) is 44.9 Å². The third-order valence-electron chi connectivity index (χ3n) is 8.99. The predicted molar refractivity (Wildman–Crippen MR) is 263 cm³/mol. The Morgan fingerprint density at radius 1 is 0.791 bits per heavy atom. The number of imidazole rings is 2. The molecule has 3 amide bonds. The van der Waals surface area contributed by atoms with Crippen LogP contribution in [0.1, 0.15) is 140 Å². The highest BCUT2D eigenvalue weighted by Crippen LogP contribution is 2.32. The van der Waals surface area contributed by atoms with Gasteiger partial charge in [0.05, 0.1) is 23.5 Å². The lowest BCUT2D eigenvalue weighted by Gasteiger charge is -2.16. The Bertz CT molecular complexity index is 2530. The maximum atomic E-state index is 13.6. The van der Waals surface area contributed by atoms with Crippen LogP contribution in [0.2, 0.25) is 0 Å². The molecule has 67 heavy (non-hydrogen) atoms. The molecule has 366 valence electrons. The number of pyridine rings is 1. The summed E-state index contributed by atoms with van der Waals surface area (Å²) in [5, 5.41) is 7.58. The van der Waals surface area contributed by atoms with E-state index < -0.39 is 17.7 Å². The molecule has 0 atom stereocenters. The van der Waals surface area contributed by atoms with Gasteiger partial charge in [0.1, 0.15) is 16.8 Å². The average molecular weight is 930 g/mol. The fourth-order valence-electron chi connectivity index (χ4n) is 6.16. The number of rotatable bonds is 18. The molecule has 0 fully saturated rings. The van der Waals surface area contributed by atoms with Gasteiger partial charge >= 0.3 is 0 Å². The summed E-state index contributed by atoms with van der Waals surface area (Å²) in [6, 6.07) is 4.67. The summed E-state index contributed by atoms with van der Waals surface area (Å²) in [5.41, 5.74) is 16.4. The maximum absolute atomic E-state index is 13.6. The summed E-state index contributed by atoms with van der Waals surface area (Å²) in [6.07, 6.45) is 9.83. The van der Waals surface area contributed by atoms with Crippen molar-refractivity contribution in [2.45, 2.75) is 114 Å². The summed E-state index contributed by atoms with van der Waals surface area (Å²) >= 11 is 0. The third-order valence-corrected chi connectivity index (χ3v) is 8.99. The summed E-state index contributed by atoms with van der Waals surface area (Å²) in [4.78, 5) is 73.3. The molecule has 6 aromatic rings. The quantitative estimate of drug-likeness (QED) is 0.0243. The lowest BCUT2D eigenvalue weighted by atomic mass is 10.1. The highest BCUT2D eigenvalue weighted by molar-refractivity contribution is 6.04. The van der Waals surface area contributed by atoms with Gasteiger partial charge < -0.3 is 29.6 Å². The van der Waals surface area contributed by atoms with Crippen molar-refractivity contribution in [2.24, 2.45) is 11.5 Å². The molecule has 0 aliphatic carbocycles. The van der Waals surface area contributed by atoms with Crippen LogP contribution >= 0.6 is 0 Å². The van der Waals surface area contributed by atoms with E-state index in [0.29, 0.717) is 95.4 Å². The van der Waals surface area contributed by atoms with Crippen molar-refractivity contribution in [1.82, 2.24) is 44.5 Å². The van der Waals surface area contributed by atoms with Crippen LogP contribution in [0.4, 0.5) is 11.9 Å². The third kappa shape index (κ3) is 15.4. The molecule has 0 unspecified atom stereocenters. The first-order valence-corrected chi connectivity index (χ1v) is 22.7. The molecule has 20 heteroatoms. The number of hydrogen-bond donors (Lipinski definition) is 5. The molecular weight excluding hydrogens is 859 g/mol. The molecule has 20 nitrogen and oxygen atoms in total. The van der Waals surface area contributed by atoms with Gasteiger partial charge in [0.25, 0.3) is 11.8 Å². The standard InChI is InChI=1S/C38H44N12O7.2C3H8.C2H6.CH5N/c1-7-25-31(56-21(3)42-25)35(53)46-37-44-27-17-24(33(39)52)18-29(55-15-11-12-48(6)40-5)30(27)49(37)13-9-10-14-50-34-28(16-23(20-51)19-41-34)45-38(50)47-36(54)32-26(8-2)43-22(4)57-32;2*1-3-2;2*1-2/h9-10,16-20,40H,7-8,11-15H2,1-6H3,(H2,39,52)(H,44,46,53)(H,45,47,54);2*3H2,1-2H3;1-2H3;2H2,1H3/b10-9+;;;;. The van der Waals surface area contributed by atoms with E-state index >= 15 is 0 Å². The Balaban J connectivity index is 0.00000143. The van der Waals surface area contributed by atoms with Crippen LogP contribution in [0.15, 0.2) is 45.4 Å². The molecule has 0 aliphatic heterocycles. The highest BCUT2D eigenvalue weighted by atomic mass is 16.5. The molecule has 0 radical (unpaired) electrons. The number of hydrogen-bond acceptors (Lipinski definition) is 15. The summed E-state index contributed by atoms with van der Waals surface area (Å²) in [6.45, 7) is 20.9. The molecule has 0 spiro atoms. The molecule has 0 aliphatic rings. The van der Waals surface area contributed by atoms with Gasteiger partial charge in [-0.1, -0.05) is 80.4 Å². The van der Waals surface area contributed by atoms with Gasteiger partial charge in [0, 0.05) is 57.9 Å². The molecule has 0 bridgehead atoms. The molecule has 1 aromatic carbocycles. The summed E-state index contributed by atoms with van der Waals surface area (Å²) in [7, 11) is 5.23. The van der Waals surface area contributed by atoms with Crippen molar-refractivity contribution < 1.29 is 32.7 Å². The molecule has 7 N–H and O–H groups in total. The number of anilines is 2. The fourth-order valence-corrected chi connectivity index (χ4v) is 6.16. The highest BCUT2D eigenvalue weighted by Gasteiger charge is 2.24. The van der Waals surface area contributed by atoms with Crippen LogP contribution in [0.5, 0.6) is 5.75 Å². The van der Waals surface area contributed by atoms with Gasteiger partial charge in [-0.15, -0.1) is 0 Å². The number of nitrogens with zero attached hydrogens (tertiary/aromatic N) is 8. The lowest BCUT2D eigenvalue weighted by Crippen LogP contribution is -2.32. The van der Waals surface area contributed by atoms with Gasteiger partial charge in [-0.25, -0.2) is 29.9 Å². The normalized spacial score (nSPS) is 10.6. The van der Waals surface area contributed by atoms with Gasteiger partial charge in [-0.2, -0.15) is 0 Å². The number of carbonyl (C=O) groups is 4. The maximum Gasteiger partial charge on any atom is 0.295 e. The summed E-state index contributed by atoms with van der Waals surface area (Å²) < 4.78 is 20.9. The van der Waals surface area contributed by atoms with Crippen molar-refractivity contribution in [3.8, 4) is 5.75 Å². The zero-order chi connectivity index (χ0) is 50.2. The largest absolute Gasteiger partial charge is 0.491 e. The summed E-state index contributed by atoms with van der Waals surface area (Å²) in [5.74, 6) is -0.269. The average Bonchev–Trinajstić information content (AvgIpc) is 4.09. The first-order chi connectivity index (χ1) is 32.3. The van der Waals surface area contributed by atoms with E-state index in [9.17, 15) is 19.2 Å². The molecule has 0 saturated carbocycles. The van der Waals surface area contributed by atoms with Crippen molar-refractivity contribution in [3.63, 3.8) is 0 Å². The molecular formula is C47H71N13O7. The first-order valence-electron chi connectivity index (χ1n) is 22.7. The van der Waals surface area contributed by atoms with Crippen molar-refractivity contribution >= 4 is 58.1 Å². The van der Waals surface area contributed by atoms with Gasteiger partial charge in [0.15, 0.2) is 23.7 Å². The van der Waals surface area contributed by atoms with Crippen LogP contribution in [-0.4, -0.2) is 97.4 Å². The zero-order valence-electron chi connectivity index (χ0n) is 41.5. The number of amides is 3. The number of carbonyl (C=O) groups excluding carboxylic acids is 4. The van der Waals surface area contributed by atoms with E-state index in [2.05, 4.69) is 69.4 Å². The Kier molecular flexibility index (Phi) is 24.4. The second-order valence-electron chi connectivity index (χ2n) is 14.4. The Morgan fingerprint density at radius 2 is 1.30 bits per heavy atom. The van der Waals surface area contributed by atoms with Crippen LogP contribution in [0.3, 0.4) is 0 Å². The smallest absolute Gasteiger partial charge is 0.295 e. The predicted octanol–water partition coefficient (Wildman–Crippen LogP) is 7.44.